The molecule has 0 saturated carbocycles. The zero-order valence-corrected chi connectivity index (χ0v) is 12.6. The van der Waals surface area contributed by atoms with Crippen molar-refractivity contribution in [1.82, 2.24) is 4.90 Å². The van der Waals surface area contributed by atoms with Crippen LogP contribution in [0.5, 0.6) is 11.5 Å². The van der Waals surface area contributed by atoms with Crippen molar-refractivity contribution in [2.75, 3.05) is 31.6 Å². The van der Waals surface area contributed by atoms with E-state index in [1.165, 1.54) is 0 Å². The molecule has 0 bridgehead atoms. The van der Waals surface area contributed by atoms with Crippen LogP contribution in [0.4, 0.5) is 0 Å². The SMILES string of the molecule is CCCN(CCBr)C(=O)c1ccc2c(c1)OCCO2. The first-order valence-corrected chi connectivity index (χ1v) is 7.63. The smallest absolute Gasteiger partial charge is 0.254 e. The number of halogens is 1. The van der Waals surface area contributed by atoms with Gasteiger partial charge in [-0.1, -0.05) is 22.9 Å². The first-order chi connectivity index (χ1) is 9.26. The Morgan fingerprint density at radius 2 is 2.00 bits per heavy atom. The van der Waals surface area contributed by atoms with E-state index in [1.54, 1.807) is 18.2 Å². The highest BCUT2D eigenvalue weighted by molar-refractivity contribution is 9.09. The largest absolute Gasteiger partial charge is 0.486 e. The highest BCUT2D eigenvalue weighted by Gasteiger charge is 2.18. The van der Waals surface area contributed by atoms with Crippen molar-refractivity contribution in [2.24, 2.45) is 0 Å². The van der Waals surface area contributed by atoms with Crippen LogP contribution in [-0.2, 0) is 0 Å². The second-order valence-corrected chi connectivity index (χ2v) is 5.13. The molecule has 1 aromatic rings. The fraction of sp³-hybridized carbons (Fsp3) is 0.500. The van der Waals surface area contributed by atoms with E-state index in [2.05, 4.69) is 22.9 Å². The molecule has 104 valence electrons. The molecule has 4 nitrogen and oxygen atoms in total. The van der Waals surface area contributed by atoms with Crippen molar-refractivity contribution in [1.29, 1.82) is 0 Å². The van der Waals surface area contributed by atoms with E-state index in [1.807, 2.05) is 4.90 Å². The van der Waals surface area contributed by atoms with E-state index < -0.39 is 0 Å². The Morgan fingerprint density at radius 1 is 1.26 bits per heavy atom. The Hall–Kier alpha value is -1.23. The number of hydrogen-bond donors (Lipinski definition) is 0. The molecule has 1 heterocycles. The van der Waals surface area contributed by atoms with Gasteiger partial charge in [-0.25, -0.2) is 0 Å². The van der Waals surface area contributed by atoms with Gasteiger partial charge in [0.15, 0.2) is 11.5 Å². The van der Waals surface area contributed by atoms with Gasteiger partial charge in [0.25, 0.3) is 5.91 Å². The average molecular weight is 328 g/mol. The molecular formula is C14H18BrNO3. The summed E-state index contributed by atoms with van der Waals surface area (Å²) in [6.45, 7) is 4.63. The summed E-state index contributed by atoms with van der Waals surface area (Å²) in [6, 6.07) is 5.38. The molecule has 0 unspecified atom stereocenters. The molecule has 19 heavy (non-hydrogen) atoms. The molecule has 0 radical (unpaired) electrons. The first kappa shape index (κ1) is 14.2. The van der Waals surface area contributed by atoms with E-state index in [4.69, 9.17) is 9.47 Å². The maximum Gasteiger partial charge on any atom is 0.254 e. The van der Waals surface area contributed by atoms with E-state index >= 15 is 0 Å². The standard InChI is InChI=1S/C14H18BrNO3/c1-2-6-16(7-5-15)14(17)11-3-4-12-13(10-11)19-9-8-18-12/h3-4,10H,2,5-9H2,1H3. The molecule has 0 fully saturated rings. The molecule has 1 aromatic carbocycles. The summed E-state index contributed by atoms with van der Waals surface area (Å²) >= 11 is 3.38. The van der Waals surface area contributed by atoms with Crippen molar-refractivity contribution >= 4 is 21.8 Å². The number of amides is 1. The number of benzene rings is 1. The van der Waals surface area contributed by atoms with E-state index in [0.717, 1.165) is 18.3 Å². The number of alkyl halides is 1. The van der Waals surface area contributed by atoms with Crippen LogP contribution in [0.1, 0.15) is 23.7 Å². The predicted molar refractivity (Wildman–Crippen MR) is 77.4 cm³/mol. The molecule has 1 aliphatic rings. The van der Waals surface area contributed by atoms with Gasteiger partial charge >= 0.3 is 0 Å². The van der Waals surface area contributed by atoms with E-state index in [0.29, 0.717) is 36.8 Å². The molecule has 2 rings (SSSR count). The van der Waals surface area contributed by atoms with Gasteiger partial charge in [0.2, 0.25) is 0 Å². The second-order valence-electron chi connectivity index (χ2n) is 4.34. The summed E-state index contributed by atoms with van der Waals surface area (Å²) in [5.74, 6) is 1.41. The van der Waals surface area contributed by atoms with Crippen LogP contribution in [0.3, 0.4) is 0 Å². The summed E-state index contributed by atoms with van der Waals surface area (Å²) in [6.07, 6.45) is 0.948. The normalized spacial score (nSPS) is 13.2. The minimum absolute atomic E-state index is 0.0401. The lowest BCUT2D eigenvalue weighted by atomic mass is 10.1. The average Bonchev–Trinajstić information content (AvgIpc) is 2.46. The van der Waals surface area contributed by atoms with Gasteiger partial charge in [-0.2, -0.15) is 0 Å². The van der Waals surface area contributed by atoms with Crippen LogP contribution in [-0.4, -0.2) is 42.4 Å². The van der Waals surface area contributed by atoms with Crippen LogP contribution < -0.4 is 9.47 Å². The third-order valence-electron chi connectivity index (χ3n) is 2.92. The highest BCUT2D eigenvalue weighted by Crippen LogP contribution is 2.31. The Labute approximate surface area is 121 Å². The van der Waals surface area contributed by atoms with Gasteiger partial charge in [-0.05, 0) is 24.6 Å². The van der Waals surface area contributed by atoms with Gasteiger partial charge in [-0.3, -0.25) is 4.79 Å². The summed E-state index contributed by atoms with van der Waals surface area (Å²) in [5, 5.41) is 0.781. The lowest BCUT2D eigenvalue weighted by Crippen LogP contribution is -2.33. The predicted octanol–water partition coefficient (Wildman–Crippen LogP) is 2.70. The number of hydrogen-bond acceptors (Lipinski definition) is 3. The van der Waals surface area contributed by atoms with E-state index in [9.17, 15) is 4.79 Å². The molecule has 1 amide bonds. The summed E-state index contributed by atoms with van der Waals surface area (Å²) in [5.41, 5.74) is 0.652. The van der Waals surface area contributed by atoms with Crippen LogP contribution in [0.15, 0.2) is 18.2 Å². The molecule has 0 atom stereocenters. The summed E-state index contributed by atoms with van der Waals surface area (Å²) < 4.78 is 11.0. The third kappa shape index (κ3) is 3.41. The third-order valence-corrected chi connectivity index (χ3v) is 3.28. The fourth-order valence-electron chi connectivity index (χ4n) is 2.05. The van der Waals surface area contributed by atoms with Gasteiger partial charge in [-0.15, -0.1) is 0 Å². The van der Waals surface area contributed by atoms with Crippen LogP contribution in [0.2, 0.25) is 0 Å². The van der Waals surface area contributed by atoms with Crippen molar-refractivity contribution in [3.63, 3.8) is 0 Å². The van der Waals surface area contributed by atoms with Crippen molar-refractivity contribution in [3.8, 4) is 11.5 Å². The van der Waals surface area contributed by atoms with Crippen molar-refractivity contribution in [2.45, 2.75) is 13.3 Å². The Morgan fingerprint density at radius 3 is 2.68 bits per heavy atom. The Bertz CT molecular complexity index is 444. The molecular weight excluding hydrogens is 310 g/mol. The Balaban J connectivity index is 2.17. The monoisotopic (exact) mass is 327 g/mol. The molecule has 0 N–H and O–H groups in total. The number of rotatable bonds is 5. The lowest BCUT2D eigenvalue weighted by molar-refractivity contribution is 0.0765. The second kappa shape index (κ2) is 6.80. The number of ether oxygens (including phenoxy) is 2. The van der Waals surface area contributed by atoms with Gasteiger partial charge in [0, 0.05) is 24.0 Å². The maximum atomic E-state index is 12.4. The van der Waals surface area contributed by atoms with Crippen molar-refractivity contribution < 1.29 is 14.3 Å². The van der Waals surface area contributed by atoms with Crippen LogP contribution in [0.25, 0.3) is 0 Å². The summed E-state index contributed by atoms with van der Waals surface area (Å²) in [4.78, 5) is 14.3. The highest BCUT2D eigenvalue weighted by atomic mass is 79.9. The molecule has 1 aliphatic heterocycles. The molecule has 0 aromatic heterocycles. The number of nitrogens with zero attached hydrogens (tertiary/aromatic N) is 1. The zero-order chi connectivity index (χ0) is 13.7. The zero-order valence-electron chi connectivity index (χ0n) is 11.0. The Kier molecular flexibility index (Phi) is 5.07. The molecule has 5 heteroatoms. The van der Waals surface area contributed by atoms with Crippen LogP contribution >= 0.6 is 15.9 Å². The number of carbonyl (C=O) groups is 1. The van der Waals surface area contributed by atoms with Crippen molar-refractivity contribution in [3.05, 3.63) is 23.8 Å². The molecule has 0 aliphatic carbocycles. The quantitative estimate of drug-likeness (QED) is 0.780. The topological polar surface area (TPSA) is 38.8 Å². The van der Waals surface area contributed by atoms with Gasteiger partial charge < -0.3 is 14.4 Å². The number of carbonyl (C=O) groups excluding carboxylic acids is 1. The van der Waals surface area contributed by atoms with E-state index in [-0.39, 0.29) is 5.91 Å². The first-order valence-electron chi connectivity index (χ1n) is 6.51. The summed E-state index contributed by atoms with van der Waals surface area (Å²) in [7, 11) is 0. The molecule has 0 saturated heterocycles. The fourth-order valence-corrected chi connectivity index (χ4v) is 2.47. The number of fused-ring (bicyclic) bond motifs is 1. The van der Waals surface area contributed by atoms with Gasteiger partial charge in [0.1, 0.15) is 13.2 Å². The van der Waals surface area contributed by atoms with Gasteiger partial charge in [0.05, 0.1) is 0 Å². The molecule has 0 spiro atoms. The lowest BCUT2D eigenvalue weighted by Gasteiger charge is -2.23. The minimum Gasteiger partial charge on any atom is -0.486 e. The minimum atomic E-state index is 0.0401. The maximum absolute atomic E-state index is 12.4. The van der Waals surface area contributed by atoms with Crippen LogP contribution in [0, 0.1) is 0 Å².